The number of carbonyl (C=O) groups is 2. The summed E-state index contributed by atoms with van der Waals surface area (Å²) in [5.41, 5.74) is 5.40. The highest BCUT2D eigenvalue weighted by molar-refractivity contribution is 5.94. The van der Waals surface area contributed by atoms with Gasteiger partial charge in [0.1, 0.15) is 5.82 Å². The summed E-state index contributed by atoms with van der Waals surface area (Å²) in [6.45, 7) is 0.274. The third kappa shape index (κ3) is 5.61. The molecule has 0 aliphatic carbocycles. The van der Waals surface area contributed by atoms with Crippen LogP contribution in [0, 0.1) is 17.5 Å². The van der Waals surface area contributed by atoms with Crippen LogP contribution in [0.15, 0.2) is 12.1 Å². The molecule has 1 unspecified atom stereocenters. The maximum atomic E-state index is 13.9. The molecule has 4 rings (SSSR count). The lowest BCUT2D eigenvalue weighted by Gasteiger charge is -2.30. The number of halogens is 7. The van der Waals surface area contributed by atoms with Crippen LogP contribution in [0.25, 0.3) is 0 Å². The molecule has 2 aliphatic heterocycles. The molecule has 0 bridgehead atoms. The van der Waals surface area contributed by atoms with Crippen LogP contribution in [0.4, 0.5) is 26.3 Å². The molecule has 0 spiro atoms. The highest BCUT2D eigenvalue weighted by Crippen LogP contribution is 2.33. The van der Waals surface area contributed by atoms with Crippen LogP contribution in [-0.4, -0.2) is 56.8 Å². The Balaban J connectivity index is 0.00000361. The second-order valence-corrected chi connectivity index (χ2v) is 8.72. The molecule has 3 heterocycles. The molecule has 1 aromatic heterocycles. The number of hydrogen-bond acceptors (Lipinski definition) is 4. The van der Waals surface area contributed by atoms with Gasteiger partial charge in [0.25, 0.3) is 5.91 Å². The second kappa shape index (κ2) is 10.7. The van der Waals surface area contributed by atoms with Crippen molar-refractivity contribution >= 4 is 24.2 Å². The summed E-state index contributed by atoms with van der Waals surface area (Å²) in [7, 11) is 0. The zero-order valence-electron chi connectivity index (χ0n) is 19.0. The smallest absolute Gasteiger partial charge is 0.337 e. The Morgan fingerprint density at radius 1 is 0.972 bits per heavy atom. The van der Waals surface area contributed by atoms with Crippen LogP contribution >= 0.6 is 12.4 Å². The first-order valence-corrected chi connectivity index (χ1v) is 11.1. The Bertz CT molecular complexity index is 1150. The largest absolute Gasteiger partial charge is 0.449 e. The molecule has 198 valence electrons. The number of alkyl halides is 3. The van der Waals surface area contributed by atoms with E-state index in [-0.39, 0.29) is 61.8 Å². The van der Waals surface area contributed by atoms with E-state index < -0.39 is 47.3 Å². The molecule has 1 saturated heterocycles. The number of hydrogen-bond donors (Lipinski definition) is 1. The first-order valence-electron chi connectivity index (χ1n) is 11.1. The summed E-state index contributed by atoms with van der Waals surface area (Å²) in [6, 6.07) is 0.107. The van der Waals surface area contributed by atoms with E-state index in [4.69, 9.17) is 5.73 Å². The monoisotopic (exact) mass is 539 g/mol. The Labute approximate surface area is 208 Å². The van der Waals surface area contributed by atoms with Gasteiger partial charge in [0.15, 0.2) is 17.3 Å². The number of carbonyl (C=O) groups excluding carboxylic acids is 2. The summed E-state index contributed by atoms with van der Waals surface area (Å²) in [5.74, 6) is -5.92. The maximum absolute atomic E-state index is 13.9. The van der Waals surface area contributed by atoms with E-state index in [1.165, 1.54) is 9.80 Å². The van der Waals surface area contributed by atoms with Gasteiger partial charge in [-0.3, -0.25) is 9.59 Å². The van der Waals surface area contributed by atoms with Crippen LogP contribution < -0.4 is 5.73 Å². The molecule has 1 fully saturated rings. The normalized spacial score (nSPS) is 16.5. The van der Waals surface area contributed by atoms with Crippen LogP contribution in [0.2, 0.25) is 0 Å². The van der Waals surface area contributed by atoms with Crippen molar-refractivity contribution in [1.82, 2.24) is 19.4 Å². The summed E-state index contributed by atoms with van der Waals surface area (Å²) in [4.78, 5) is 32.0. The minimum atomic E-state index is -4.78. The van der Waals surface area contributed by atoms with Gasteiger partial charge in [0.2, 0.25) is 11.7 Å². The molecule has 0 saturated carbocycles. The Hall–Kier alpha value is -2.80. The molecule has 2 amide bonds. The van der Waals surface area contributed by atoms with Crippen molar-refractivity contribution in [3.63, 3.8) is 0 Å². The zero-order valence-corrected chi connectivity index (χ0v) is 19.8. The second-order valence-electron chi connectivity index (χ2n) is 8.72. The molecule has 7 nitrogen and oxygen atoms in total. The fraction of sp³-hybridized carbons (Fsp3) is 0.500. The van der Waals surface area contributed by atoms with Crippen molar-refractivity contribution in [1.29, 1.82) is 0 Å². The fourth-order valence-electron chi connectivity index (χ4n) is 4.47. The lowest BCUT2D eigenvalue weighted by atomic mass is 10.0. The molecule has 2 aromatic rings. The molecule has 2 N–H and O–H groups in total. The predicted molar refractivity (Wildman–Crippen MR) is 118 cm³/mol. The van der Waals surface area contributed by atoms with Crippen molar-refractivity contribution in [3.05, 3.63) is 52.4 Å². The number of nitrogens with zero attached hydrogens (tertiary/aromatic N) is 4. The van der Waals surface area contributed by atoms with Crippen LogP contribution in [0.3, 0.4) is 0 Å². The van der Waals surface area contributed by atoms with Gasteiger partial charge < -0.3 is 20.1 Å². The molecular formula is C22H24ClF6N5O2. The van der Waals surface area contributed by atoms with E-state index in [0.717, 1.165) is 17.4 Å². The Morgan fingerprint density at radius 2 is 1.61 bits per heavy atom. The standard InChI is InChI=1S/C22H23F6N5O2.ClH/c23-14-10-16(25)15(24)8-12(14)7-13(29)9-18(34)32-5-6-33-17(11-32)19(30-21(33)22(26,27)28)20(35)31-3-1-2-4-31;/h8,10,13H,1-7,9,11,29H2;1H. The highest BCUT2D eigenvalue weighted by Gasteiger charge is 2.42. The highest BCUT2D eigenvalue weighted by atomic mass is 35.5. The van der Waals surface area contributed by atoms with Crippen LogP contribution in [0.5, 0.6) is 0 Å². The van der Waals surface area contributed by atoms with Crippen molar-refractivity contribution < 1.29 is 35.9 Å². The average Bonchev–Trinajstić information content (AvgIpc) is 3.44. The number of likely N-dealkylation sites (tertiary alicyclic amines) is 1. The van der Waals surface area contributed by atoms with E-state index in [1.807, 2.05) is 0 Å². The molecule has 14 heteroatoms. The van der Waals surface area contributed by atoms with E-state index in [1.54, 1.807) is 0 Å². The Morgan fingerprint density at radius 3 is 2.25 bits per heavy atom. The summed E-state index contributed by atoms with van der Waals surface area (Å²) in [5, 5.41) is 0. The topological polar surface area (TPSA) is 84.5 Å². The maximum Gasteiger partial charge on any atom is 0.449 e. The minimum absolute atomic E-state index is 0. The van der Waals surface area contributed by atoms with Crippen molar-refractivity contribution in [2.45, 2.75) is 51.0 Å². The fourth-order valence-corrected chi connectivity index (χ4v) is 4.47. The van der Waals surface area contributed by atoms with Crippen LogP contribution in [0.1, 0.15) is 46.8 Å². The molecule has 1 aromatic carbocycles. The van der Waals surface area contributed by atoms with Crippen LogP contribution in [-0.2, 0) is 30.5 Å². The molecule has 2 aliphatic rings. The summed E-state index contributed by atoms with van der Waals surface area (Å²) < 4.78 is 82.1. The van der Waals surface area contributed by atoms with E-state index in [0.29, 0.717) is 25.2 Å². The first-order chi connectivity index (χ1) is 16.5. The number of imidazole rings is 1. The summed E-state index contributed by atoms with van der Waals surface area (Å²) in [6.07, 6.45) is -3.85. The third-order valence-electron chi connectivity index (χ3n) is 6.22. The van der Waals surface area contributed by atoms with Gasteiger partial charge in [-0.15, -0.1) is 12.4 Å². The van der Waals surface area contributed by atoms with Gasteiger partial charge in [0, 0.05) is 44.7 Å². The van der Waals surface area contributed by atoms with E-state index in [9.17, 15) is 35.9 Å². The van der Waals surface area contributed by atoms with Gasteiger partial charge >= 0.3 is 6.18 Å². The molecule has 36 heavy (non-hydrogen) atoms. The van der Waals surface area contributed by atoms with Gasteiger partial charge in [-0.25, -0.2) is 18.2 Å². The Kier molecular flexibility index (Phi) is 8.23. The lowest BCUT2D eigenvalue weighted by Crippen LogP contribution is -2.42. The number of rotatable bonds is 5. The molecule has 0 radical (unpaired) electrons. The van der Waals surface area contributed by atoms with Gasteiger partial charge in [-0.05, 0) is 30.9 Å². The predicted octanol–water partition coefficient (Wildman–Crippen LogP) is 3.28. The molecule has 1 atom stereocenters. The number of nitrogens with two attached hydrogens (primary N) is 1. The first kappa shape index (κ1) is 27.8. The lowest BCUT2D eigenvalue weighted by molar-refractivity contribution is -0.148. The number of aromatic nitrogens is 2. The van der Waals surface area contributed by atoms with E-state index >= 15 is 0 Å². The summed E-state index contributed by atoms with van der Waals surface area (Å²) >= 11 is 0. The molecular weight excluding hydrogens is 516 g/mol. The third-order valence-corrected chi connectivity index (χ3v) is 6.22. The zero-order chi connectivity index (χ0) is 25.5. The van der Waals surface area contributed by atoms with Gasteiger partial charge in [-0.1, -0.05) is 0 Å². The van der Waals surface area contributed by atoms with Crippen molar-refractivity contribution in [3.8, 4) is 0 Å². The van der Waals surface area contributed by atoms with E-state index in [2.05, 4.69) is 4.98 Å². The quantitative estimate of drug-likeness (QED) is 0.467. The SMILES string of the molecule is Cl.NC(CC(=O)N1CCn2c(C(F)(F)F)nc(C(=O)N3CCCC3)c2C1)Cc1cc(F)c(F)cc1F. The van der Waals surface area contributed by atoms with Gasteiger partial charge in [0.05, 0.1) is 12.2 Å². The average molecular weight is 540 g/mol. The number of benzene rings is 1. The number of fused-ring (bicyclic) bond motifs is 1. The van der Waals surface area contributed by atoms with Gasteiger partial charge in [-0.2, -0.15) is 13.2 Å². The van der Waals surface area contributed by atoms with Crippen molar-refractivity contribution in [2.24, 2.45) is 5.73 Å². The number of amides is 2. The minimum Gasteiger partial charge on any atom is -0.337 e. The van der Waals surface area contributed by atoms with Crippen molar-refractivity contribution in [2.75, 3.05) is 19.6 Å².